The van der Waals surface area contributed by atoms with Crippen LogP contribution in [0.3, 0.4) is 0 Å². The topological polar surface area (TPSA) is 79.4 Å². The molecular formula is C21H18FN3O3S. The molecule has 2 heterocycles. The van der Waals surface area contributed by atoms with E-state index in [2.05, 4.69) is 10.3 Å². The molecule has 0 fully saturated rings. The molecule has 0 atom stereocenters. The molecule has 29 heavy (non-hydrogen) atoms. The molecule has 0 saturated heterocycles. The Morgan fingerprint density at radius 1 is 1.03 bits per heavy atom. The van der Waals surface area contributed by atoms with E-state index < -0.39 is 21.7 Å². The minimum atomic E-state index is -3.75. The Kier molecular flexibility index (Phi) is 5.12. The number of carbonyl (C=O) groups excluding carboxylic acids is 1. The Labute approximate surface area is 168 Å². The second-order valence-corrected chi connectivity index (χ2v) is 8.64. The van der Waals surface area contributed by atoms with Crippen LogP contribution in [0.4, 0.5) is 10.2 Å². The molecule has 0 unspecified atom stereocenters. The van der Waals surface area contributed by atoms with Gasteiger partial charge in [0.2, 0.25) is 10.0 Å². The first-order chi connectivity index (χ1) is 13.9. The van der Waals surface area contributed by atoms with E-state index in [1.165, 1.54) is 40.7 Å². The first-order valence-corrected chi connectivity index (χ1v) is 10.5. The van der Waals surface area contributed by atoms with Gasteiger partial charge in [0.05, 0.1) is 11.1 Å². The molecule has 0 bridgehead atoms. The lowest BCUT2D eigenvalue weighted by molar-refractivity contribution is 0.102. The van der Waals surface area contributed by atoms with Crippen molar-refractivity contribution in [3.05, 3.63) is 89.4 Å². The molecule has 0 spiro atoms. The van der Waals surface area contributed by atoms with Crippen molar-refractivity contribution in [2.45, 2.75) is 17.9 Å². The van der Waals surface area contributed by atoms with Gasteiger partial charge in [0.25, 0.3) is 5.91 Å². The third-order valence-electron chi connectivity index (χ3n) is 4.80. The number of sulfonamides is 1. The van der Waals surface area contributed by atoms with E-state index in [1.54, 1.807) is 0 Å². The molecule has 0 saturated carbocycles. The van der Waals surface area contributed by atoms with Gasteiger partial charge in [-0.3, -0.25) is 4.79 Å². The van der Waals surface area contributed by atoms with E-state index in [9.17, 15) is 17.6 Å². The van der Waals surface area contributed by atoms with Crippen molar-refractivity contribution in [2.75, 3.05) is 11.9 Å². The summed E-state index contributed by atoms with van der Waals surface area (Å²) in [6.07, 6.45) is 1.64. The summed E-state index contributed by atoms with van der Waals surface area (Å²) < 4.78 is 40.6. The maximum absolute atomic E-state index is 13.1. The number of nitrogens with one attached hydrogen (secondary N) is 1. The summed E-state index contributed by atoms with van der Waals surface area (Å²) in [5, 5.41) is 2.53. The fourth-order valence-electron chi connectivity index (χ4n) is 3.26. The van der Waals surface area contributed by atoms with Crippen LogP contribution in [0.5, 0.6) is 0 Å². The zero-order chi connectivity index (χ0) is 20.4. The van der Waals surface area contributed by atoms with E-state index in [1.807, 2.05) is 24.3 Å². The first-order valence-electron chi connectivity index (χ1n) is 9.03. The number of benzene rings is 2. The van der Waals surface area contributed by atoms with E-state index in [-0.39, 0.29) is 16.3 Å². The van der Waals surface area contributed by atoms with Crippen LogP contribution in [0.2, 0.25) is 0 Å². The lowest BCUT2D eigenvalue weighted by atomic mass is 10.0. The summed E-state index contributed by atoms with van der Waals surface area (Å²) in [5.74, 6) is -0.860. The fraction of sp³-hybridized carbons (Fsp3) is 0.143. The van der Waals surface area contributed by atoms with Gasteiger partial charge >= 0.3 is 0 Å². The van der Waals surface area contributed by atoms with Gasteiger partial charge in [-0.1, -0.05) is 30.3 Å². The van der Waals surface area contributed by atoms with Gasteiger partial charge in [-0.2, -0.15) is 4.31 Å². The van der Waals surface area contributed by atoms with E-state index in [0.29, 0.717) is 19.5 Å². The van der Waals surface area contributed by atoms with Gasteiger partial charge in [-0.15, -0.1) is 0 Å². The van der Waals surface area contributed by atoms with Crippen molar-refractivity contribution in [1.29, 1.82) is 0 Å². The highest BCUT2D eigenvalue weighted by atomic mass is 32.2. The summed E-state index contributed by atoms with van der Waals surface area (Å²) in [5.41, 5.74) is 2.31. The lowest BCUT2D eigenvalue weighted by Gasteiger charge is -2.28. The summed E-state index contributed by atoms with van der Waals surface area (Å²) >= 11 is 0. The maximum Gasteiger partial charge on any atom is 0.256 e. The van der Waals surface area contributed by atoms with E-state index in [0.717, 1.165) is 17.3 Å². The van der Waals surface area contributed by atoms with Crippen molar-refractivity contribution in [2.24, 2.45) is 0 Å². The monoisotopic (exact) mass is 411 g/mol. The van der Waals surface area contributed by atoms with Crippen LogP contribution in [-0.2, 0) is 23.0 Å². The second kappa shape index (κ2) is 7.73. The molecule has 6 nitrogen and oxygen atoms in total. The Hall–Kier alpha value is -3.10. The minimum absolute atomic E-state index is 0.0524. The number of hydrogen-bond donors (Lipinski definition) is 1. The average molecular weight is 411 g/mol. The number of anilines is 1. The third-order valence-corrected chi connectivity index (χ3v) is 6.64. The zero-order valence-corrected chi connectivity index (χ0v) is 16.2. The standard InChI is InChI=1S/C21H18FN3O3S/c22-18-8-9-20(23-13-18)24-21(26)16-6-3-7-19(12-16)29(27,28)25-11-10-15-4-1-2-5-17(15)14-25/h1-9,12-13H,10-11,14H2,(H,23,24,26). The van der Waals surface area contributed by atoms with Gasteiger partial charge in [0.1, 0.15) is 11.6 Å². The van der Waals surface area contributed by atoms with E-state index >= 15 is 0 Å². The number of pyridine rings is 1. The zero-order valence-electron chi connectivity index (χ0n) is 15.4. The highest BCUT2D eigenvalue weighted by Crippen LogP contribution is 2.25. The molecule has 3 aromatic rings. The van der Waals surface area contributed by atoms with E-state index in [4.69, 9.17) is 0 Å². The van der Waals surface area contributed by atoms with Gasteiger partial charge in [0, 0.05) is 18.7 Å². The van der Waals surface area contributed by atoms with Crippen molar-refractivity contribution >= 4 is 21.7 Å². The van der Waals surface area contributed by atoms with Gasteiger partial charge in [-0.25, -0.2) is 17.8 Å². The third kappa shape index (κ3) is 4.03. The Balaban J connectivity index is 1.56. The van der Waals surface area contributed by atoms with Gasteiger partial charge in [0.15, 0.2) is 0 Å². The van der Waals surface area contributed by atoms with Crippen molar-refractivity contribution < 1.29 is 17.6 Å². The quantitative estimate of drug-likeness (QED) is 0.715. The fourth-order valence-corrected chi connectivity index (χ4v) is 4.73. The number of rotatable bonds is 4. The summed E-state index contributed by atoms with van der Waals surface area (Å²) in [7, 11) is -3.75. The molecule has 0 aliphatic carbocycles. The normalized spacial score (nSPS) is 14.2. The number of aromatic nitrogens is 1. The lowest BCUT2D eigenvalue weighted by Crippen LogP contribution is -2.36. The molecular weight excluding hydrogens is 393 g/mol. The highest BCUT2D eigenvalue weighted by Gasteiger charge is 2.28. The van der Waals surface area contributed by atoms with Crippen molar-refractivity contribution in [3.8, 4) is 0 Å². The summed E-state index contributed by atoms with van der Waals surface area (Å²) in [4.78, 5) is 16.3. The molecule has 2 aromatic carbocycles. The van der Waals surface area contributed by atoms with Crippen LogP contribution in [0.25, 0.3) is 0 Å². The first kappa shape index (κ1) is 19.2. The van der Waals surface area contributed by atoms with Crippen LogP contribution in [0, 0.1) is 5.82 Å². The Bertz CT molecular complexity index is 1160. The second-order valence-electron chi connectivity index (χ2n) is 6.70. The Morgan fingerprint density at radius 3 is 2.59 bits per heavy atom. The van der Waals surface area contributed by atoms with Crippen molar-refractivity contribution in [1.82, 2.24) is 9.29 Å². The maximum atomic E-state index is 13.1. The number of halogens is 1. The largest absolute Gasteiger partial charge is 0.307 e. The molecule has 8 heteroatoms. The predicted molar refractivity (Wildman–Crippen MR) is 106 cm³/mol. The van der Waals surface area contributed by atoms with Crippen LogP contribution in [-0.4, -0.2) is 30.2 Å². The number of amides is 1. The molecule has 148 valence electrons. The predicted octanol–water partition coefficient (Wildman–Crippen LogP) is 3.22. The van der Waals surface area contributed by atoms with Crippen LogP contribution in [0.15, 0.2) is 71.8 Å². The molecule has 4 rings (SSSR count). The van der Waals surface area contributed by atoms with Crippen LogP contribution in [0.1, 0.15) is 21.5 Å². The summed E-state index contributed by atoms with van der Waals surface area (Å²) in [6.45, 7) is 0.684. The highest BCUT2D eigenvalue weighted by molar-refractivity contribution is 7.89. The van der Waals surface area contributed by atoms with Gasteiger partial charge < -0.3 is 5.32 Å². The SMILES string of the molecule is O=C(Nc1ccc(F)cn1)c1cccc(S(=O)(=O)N2CCc3ccccc3C2)c1. The number of hydrogen-bond acceptors (Lipinski definition) is 4. The molecule has 1 amide bonds. The summed E-state index contributed by atoms with van der Waals surface area (Å²) in [6, 6.07) is 16.1. The van der Waals surface area contributed by atoms with Crippen molar-refractivity contribution in [3.63, 3.8) is 0 Å². The average Bonchev–Trinajstić information content (AvgIpc) is 2.75. The molecule has 1 aliphatic rings. The number of carbonyl (C=O) groups is 1. The van der Waals surface area contributed by atoms with Crippen LogP contribution < -0.4 is 5.32 Å². The van der Waals surface area contributed by atoms with Gasteiger partial charge in [-0.05, 0) is 47.9 Å². The Morgan fingerprint density at radius 2 is 1.83 bits per heavy atom. The molecule has 1 aromatic heterocycles. The molecule has 1 N–H and O–H groups in total. The minimum Gasteiger partial charge on any atom is -0.307 e. The van der Waals surface area contributed by atoms with Crippen LogP contribution >= 0.6 is 0 Å². The number of fused-ring (bicyclic) bond motifs is 1. The molecule has 1 aliphatic heterocycles. The molecule has 0 radical (unpaired) electrons. The number of nitrogens with zero attached hydrogens (tertiary/aromatic N) is 2. The smallest absolute Gasteiger partial charge is 0.256 e.